The molecule has 0 unspecified atom stereocenters. The molecule has 98 valence electrons. The molecule has 0 aromatic carbocycles. The van der Waals surface area contributed by atoms with Gasteiger partial charge in [-0.25, -0.2) is 4.79 Å². The summed E-state index contributed by atoms with van der Waals surface area (Å²) in [5.74, 6) is -0.731. The van der Waals surface area contributed by atoms with Gasteiger partial charge in [-0.1, -0.05) is 25.5 Å². The molecule has 1 aliphatic rings. The largest absolute Gasteiger partial charge is 0.458 e. The number of rotatable bonds is 2. The second-order valence-corrected chi connectivity index (χ2v) is 4.27. The fraction of sp³-hybridized carbons (Fsp3) is 0.750. The van der Waals surface area contributed by atoms with Crippen molar-refractivity contribution in [2.45, 2.75) is 57.0 Å². The van der Waals surface area contributed by atoms with E-state index in [2.05, 4.69) is 0 Å². The van der Waals surface area contributed by atoms with Crippen molar-refractivity contribution in [1.82, 2.24) is 0 Å². The number of hydrogen-bond donors (Lipinski definition) is 3. The molecule has 17 heavy (non-hydrogen) atoms. The highest BCUT2D eigenvalue weighted by molar-refractivity contribution is 5.74. The van der Waals surface area contributed by atoms with E-state index in [1.165, 1.54) is 6.08 Å². The quantitative estimate of drug-likeness (QED) is 0.475. The number of aliphatic hydroxyl groups excluding tert-OH is 3. The van der Waals surface area contributed by atoms with Crippen LogP contribution in [-0.2, 0) is 9.53 Å². The van der Waals surface area contributed by atoms with Gasteiger partial charge in [0.05, 0.1) is 0 Å². The molecule has 0 radical (unpaired) electrons. The lowest BCUT2D eigenvalue weighted by atomic mass is 10.0. The van der Waals surface area contributed by atoms with Crippen LogP contribution in [0.2, 0.25) is 0 Å². The lowest BCUT2D eigenvalue weighted by Gasteiger charge is -2.27. The van der Waals surface area contributed by atoms with Crippen LogP contribution in [0.4, 0.5) is 0 Å². The third-order valence-electron chi connectivity index (χ3n) is 2.78. The fourth-order valence-electron chi connectivity index (χ4n) is 1.75. The summed E-state index contributed by atoms with van der Waals surface area (Å²) < 4.78 is 5.03. The predicted molar refractivity (Wildman–Crippen MR) is 61.2 cm³/mol. The van der Waals surface area contributed by atoms with Crippen LogP contribution in [-0.4, -0.2) is 45.7 Å². The second kappa shape index (κ2) is 6.74. The van der Waals surface area contributed by atoms with Crippen molar-refractivity contribution in [3.8, 4) is 0 Å². The summed E-state index contributed by atoms with van der Waals surface area (Å²) in [7, 11) is 0. The first kappa shape index (κ1) is 14.2. The first-order valence-electron chi connectivity index (χ1n) is 5.97. The Morgan fingerprint density at radius 1 is 1.41 bits per heavy atom. The van der Waals surface area contributed by atoms with Gasteiger partial charge in [-0.2, -0.15) is 0 Å². The van der Waals surface area contributed by atoms with Gasteiger partial charge < -0.3 is 20.1 Å². The van der Waals surface area contributed by atoms with E-state index in [0.29, 0.717) is 19.3 Å². The molecular weight excluding hydrogens is 224 g/mol. The predicted octanol–water partition coefficient (Wildman–Crippen LogP) is 0.131. The van der Waals surface area contributed by atoms with E-state index in [4.69, 9.17) is 4.74 Å². The van der Waals surface area contributed by atoms with Crippen LogP contribution in [0.1, 0.15) is 32.6 Å². The number of hydrogen-bond acceptors (Lipinski definition) is 5. The Labute approximate surface area is 101 Å². The number of carbonyl (C=O) groups is 1. The number of aliphatic hydroxyl groups is 3. The molecule has 5 nitrogen and oxygen atoms in total. The molecule has 0 aliphatic carbocycles. The van der Waals surface area contributed by atoms with Crippen LogP contribution in [0.3, 0.4) is 0 Å². The van der Waals surface area contributed by atoms with Crippen molar-refractivity contribution in [3.63, 3.8) is 0 Å². The number of carbonyl (C=O) groups excluding carboxylic acids is 1. The molecule has 0 bridgehead atoms. The summed E-state index contributed by atoms with van der Waals surface area (Å²) in [4.78, 5) is 11.5. The maximum Gasteiger partial charge on any atom is 0.335 e. The summed E-state index contributed by atoms with van der Waals surface area (Å²) in [5, 5.41) is 29.0. The first-order chi connectivity index (χ1) is 8.06. The van der Waals surface area contributed by atoms with Gasteiger partial charge >= 0.3 is 5.97 Å². The molecular formula is C12H20O5. The maximum atomic E-state index is 11.5. The summed E-state index contributed by atoms with van der Waals surface area (Å²) in [6.07, 6.45) is 0.857. The Hall–Kier alpha value is -0.910. The van der Waals surface area contributed by atoms with Gasteiger partial charge in [-0.3, -0.25) is 0 Å². The highest BCUT2D eigenvalue weighted by Crippen LogP contribution is 2.16. The molecule has 1 aliphatic heterocycles. The maximum absolute atomic E-state index is 11.5. The molecule has 0 saturated carbocycles. The molecule has 1 rings (SSSR count). The Morgan fingerprint density at radius 3 is 2.76 bits per heavy atom. The first-order valence-corrected chi connectivity index (χ1v) is 5.97. The van der Waals surface area contributed by atoms with E-state index in [9.17, 15) is 20.1 Å². The normalized spacial score (nSPS) is 37.3. The lowest BCUT2D eigenvalue weighted by Crippen LogP contribution is -2.41. The molecule has 0 spiro atoms. The zero-order valence-corrected chi connectivity index (χ0v) is 9.95. The number of ether oxygens (including phenoxy) is 1. The van der Waals surface area contributed by atoms with Crippen LogP contribution < -0.4 is 0 Å². The Morgan fingerprint density at radius 2 is 2.12 bits per heavy atom. The van der Waals surface area contributed by atoms with Crippen LogP contribution in [0.5, 0.6) is 0 Å². The van der Waals surface area contributed by atoms with E-state index >= 15 is 0 Å². The van der Waals surface area contributed by atoms with E-state index in [0.717, 1.165) is 0 Å². The minimum absolute atomic E-state index is 0.261. The molecule has 1 heterocycles. The third kappa shape index (κ3) is 4.11. The van der Waals surface area contributed by atoms with Gasteiger partial charge in [0, 0.05) is 0 Å². The minimum Gasteiger partial charge on any atom is -0.458 e. The second-order valence-electron chi connectivity index (χ2n) is 4.27. The van der Waals surface area contributed by atoms with E-state index in [1.54, 1.807) is 6.08 Å². The molecule has 0 amide bonds. The van der Waals surface area contributed by atoms with Crippen molar-refractivity contribution < 1.29 is 24.9 Å². The van der Waals surface area contributed by atoms with Crippen molar-refractivity contribution in [2.24, 2.45) is 0 Å². The van der Waals surface area contributed by atoms with Gasteiger partial charge in [-0.05, 0) is 19.3 Å². The van der Waals surface area contributed by atoms with Crippen LogP contribution in [0.15, 0.2) is 12.2 Å². The van der Waals surface area contributed by atoms with E-state index in [1.807, 2.05) is 6.92 Å². The summed E-state index contributed by atoms with van der Waals surface area (Å²) in [6, 6.07) is 0. The van der Waals surface area contributed by atoms with Gasteiger partial charge in [0.2, 0.25) is 0 Å². The SMILES string of the molecule is CCC[C@@H]1OC(=O)[C@H](O)CC/C=C\[C@H](O)[C@H]1O. The number of esters is 1. The van der Waals surface area contributed by atoms with Crippen LogP contribution in [0, 0.1) is 0 Å². The summed E-state index contributed by atoms with van der Waals surface area (Å²) in [5.41, 5.74) is 0. The Kier molecular flexibility index (Phi) is 5.61. The molecule has 0 aromatic heterocycles. The standard InChI is InChI=1S/C12H20O5/c1-2-5-10-11(15)8(13)6-3-4-7-9(14)12(16)17-10/h3,6,8-11,13-15H,2,4-5,7H2,1H3/b6-3-/t8-,9+,10-,11+/m0/s1. The highest BCUT2D eigenvalue weighted by atomic mass is 16.6. The molecule has 3 N–H and O–H groups in total. The van der Waals surface area contributed by atoms with Crippen LogP contribution in [0.25, 0.3) is 0 Å². The van der Waals surface area contributed by atoms with Gasteiger partial charge in [0.1, 0.15) is 18.3 Å². The number of cyclic esters (lactones) is 1. The highest BCUT2D eigenvalue weighted by Gasteiger charge is 2.30. The lowest BCUT2D eigenvalue weighted by molar-refractivity contribution is -0.169. The van der Waals surface area contributed by atoms with Crippen molar-refractivity contribution in [3.05, 3.63) is 12.2 Å². The molecule has 0 fully saturated rings. The molecule has 0 saturated heterocycles. The summed E-state index contributed by atoms with van der Waals surface area (Å²) >= 11 is 0. The van der Waals surface area contributed by atoms with Gasteiger partial charge in [0.25, 0.3) is 0 Å². The average Bonchev–Trinajstić information content (AvgIpc) is 2.31. The van der Waals surface area contributed by atoms with Crippen molar-refractivity contribution in [2.75, 3.05) is 0 Å². The monoisotopic (exact) mass is 244 g/mol. The van der Waals surface area contributed by atoms with E-state index in [-0.39, 0.29) is 6.42 Å². The minimum atomic E-state index is -1.17. The Balaban J connectivity index is 2.80. The van der Waals surface area contributed by atoms with Gasteiger partial charge in [-0.15, -0.1) is 0 Å². The Bertz CT molecular complexity index is 276. The van der Waals surface area contributed by atoms with Crippen LogP contribution >= 0.6 is 0 Å². The van der Waals surface area contributed by atoms with Crippen molar-refractivity contribution >= 4 is 5.97 Å². The zero-order chi connectivity index (χ0) is 12.8. The molecule has 4 atom stereocenters. The molecule has 5 heteroatoms. The molecule has 0 aromatic rings. The fourth-order valence-corrected chi connectivity index (χ4v) is 1.75. The summed E-state index contributed by atoms with van der Waals surface area (Å²) in [6.45, 7) is 1.89. The topological polar surface area (TPSA) is 87.0 Å². The number of allylic oxidation sites excluding steroid dienone is 1. The van der Waals surface area contributed by atoms with Gasteiger partial charge in [0.15, 0.2) is 6.10 Å². The van der Waals surface area contributed by atoms with E-state index < -0.39 is 30.4 Å². The third-order valence-corrected chi connectivity index (χ3v) is 2.78. The smallest absolute Gasteiger partial charge is 0.335 e. The average molecular weight is 244 g/mol. The van der Waals surface area contributed by atoms with Crippen molar-refractivity contribution in [1.29, 1.82) is 0 Å². The zero-order valence-electron chi connectivity index (χ0n) is 9.95.